The third-order valence-corrected chi connectivity index (χ3v) is 3.88. The van der Waals surface area contributed by atoms with Crippen LogP contribution in [0, 0.1) is 0 Å². The zero-order valence-corrected chi connectivity index (χ0v) is 13.3. The minimum absolute atomic E-state index is 0.0250. The molecule has 104 valence electrons. The molecule has 19 heavy (non-hydrogen) atoms. The van der Waals surface area contributed by atoms with Gasteiger partial charge >= 0.3 is 0 Å². The summed E-state index contributed by atoms with van der Waals surface area (Å²) in [5, 5.41) is 8.27. The smallest absolute Gasteiger partial charge is 0.198 e. The van der Waals surface area contributed by atoms with Crippen molar-refractivity contribution in [2.45, 2.75) is 32.9 Å². The van der Waals surface area contributed by atoms with E-state index in [-0.39, 0.29) is 6.04 Å². The maximum Gasteiger partial charge on any atom is 0.198 e. The Balaban J connectivity index is 2.42. The Morgan fingerprint density at radius 1 is 1.53 bits per heavy atom. The van der Waals surface area contributed by atoms with Crippen molar-refractivity contribution in [1.29, 1.82) is 0 Å². The second-order valence-corrected chi connectivity index (χ2v) is 5.43. The maximum atomic E-state index is 6.13. The number of aryl methyl sites for hydroxylation is 1. The highest BCUT2D eigenvalue weighted by molar-refractivity contribution is 9.10. The number of rotatable bonds is 6. The fourth-order valence-electron chi connectivity index (χ4n) is 2.06. The first-order chi connectivity index (χ1) is 9.19. The molecule has 1 N–H and O–H groups in total. The van der Waals surface area contributed by atoms with Gasteiger partial charge in [-0.05, 0) is 53.5 Å². The molecule has 0 amide bonds. The molecule has 0 aliphatic carbocycles. The minimum atomic E-state index is -0.0250. The van der Waals surface area contributed by atoms with Crippen LogP contribution in [0.1, 0.15) is 37.6 Å². The largest absolute Gasteiger partial charge is 0.453 e. The van der Waals surface area contributed by atoms with Crippen molar-refractivity contribution in [3.8, 4) is 0 Å². The third kappa shape index (κ3) is 3.04. The summed E-state index contributed by atoms with van der Waals surface area (Å²) in [5.41, 5.74) is 2.00. The molecule has 0 aliphatic rings. The molecule has 2 aromatic rings. The van der Waals surface area contributed by atoms with Gasteiger partial charge in [-0.3, -0.25) is 4.68 Å². The predicted molar refractivity (Wildman–Crippen MR) is 79.5 cm³/mol. The second-order valence-electron chi connectivity index (χ2n) is 4.23. The van der Waals surface area contributed by atoms with E-state index < -0.39 is 0 Å². The van der Waals surface area contributed by atoms with E-state index >= 15 is 0 Å². The number of aromatic nitrogens is 2. The van der Waals surface area contributed by atoms with Crippen molar-refractivity contribution < 1.29 is 4.42 Å². The third-order valence-electron chi connectivity index (χ3n) is 2.96. The number of hydrogen-bond acceptors (Lipinski definition) is 3. The lowest BCUT2D eigenvalue weighted by Crippen LogP contribution is -2.26. The van der Waals surface area contributed by atoms with Crippen LogP contribution in [0.4, 0.5) is 0 Å². The molecule has 0 fully saturated rings. The quantitative estimate of drug-likeness (QED) is 0.859. The standard InChI is InChI=1S/C13H17BrClN3O/c1-3-6-16-11(9-5-7-19-13(9)15)12-10(14)8-17-18(12)4-2/h5,7-8,11,16H,3-4,6H2,1-2H3. The van der Waals surface area contributed by atoms with Gasteiger partial charge in [-0.25, -0.2) is 0 Å². The Kier molecular flexibility index (Phi) is 5.07. The second kappa shape index (κ2) is 6.59. The fourth-order valence-corrected chi connectivity index (χ4v) is 2.81. The molecule has 0 spiro atoms. The Morgan fingerprint density at radius 3 is 2.89 bits per heavy atom. The lowest BCUT2D eigenvalue weighted by molar-refractivity contribution is 0.516. The van der Waals surface area contributed by atoms with E-state index in [2.05, 4.69) is 40.2 Å². The van der Waals surface area contributed by atoms with Crippen LogP contribution >= 0.6 is 27.5 Å². The van der Waals surface area contributed by atoms with Crippen LogP contribution in [0.2, 0.25) is 5.22 Å². The lowest BCUT2D eigenvalue weighted by atomic mass is 10.1. The van der Waals surface area contributed by atoms with Gasteiger partial charge < -0.3 is 9.73 Å². The van der Waals surface area contributed by atoms with Gasteiger partial charge in [-0.1, -0.05) is 6.92 Å². The highest BCUT2D eigenvalue weighted by Crippen LogP contribution is 2.33. The fraction of sp³-hybridized carbons (Fsp3) is 0.462. The molecule has 0 aromatic carbocycles. The SMILES string of the molecule is CCCNC(c1ccoc1Cl)c1c(Br)cnn1CC. The highest BCUT2D eigenvalue weighted by Gasteiger charge is 2.24. The maximum absolute atomic E-state index is 6.13. The van der Waals surface area contributed by atoms with Crippen molar-refractivity contribution in [3.63, 3.8) is 0 Å². The summed E-state index contributed by atoms with van der Waals surface area (Å²) in [6, 6.07) is 1.87. The predicted octanol–water partition coefficient (Wildman–Crippen LogP) is 4.00. The van der Waals surface area contributed by atoms with Crippen LogP contribution in [0.5, 0.6) is 0 Å². The molecule has 0 bridgehead atoms. The van der Waals surface area contributed by atoms with Gasteiger partial charge in [0.25, 0.3) is 0 Å². The summed E-state index contributed by atoms with van der Waals surface area (Å²) >= 11 is 9.69. The first-order valence-electron chi connectivity index (χ1n) is 6.36. The molecule has 0 saturated heterocycles. The molecule has 0 radical (unpaired) electrons. The summed E-state index contributed by atoms with van der Waals surface area (Å²) in [5.74, 6) is 0. The summed E-state index contributed by atoms with van der Waals surface area (Å²) in [4.78, 5) is 0. The molecule has 2 rings (SSSR count). The molecular formula is C13H17BrClN3O. The first-order valence-corrected chi connectivity index (χ1v) is 7.53. The number of halogens is 2. The molecule has 2 heterocycles. The van der Waals surface area contributed by atoms with Gasteiger partial charge in [0.05, 0.1) is 28.7 Å². The Labute approximate surface area is 126 Å². The Hall–Kier alpha value is -0.780. The van der Waals surface area contributed by atoms with Crippen LogP contribution in [-0.2, 0) is 6.54 Å². The van der Waals surface area contributed by atoms with Gasteiger partial charge in [0.15, 0.2) is 5.22 Å². The van der Waals surface area contributed by atoms with Gasteiger partial charge in [0, 0.05) is 12.1 Å². The molecular weight excluding hydrogens is 330 g/mol. The van der Waals surface area contributed by atoms with Gasteiger partial charge in [0.1, 0.15) is 0 Å². The number of nitrogens with zero attached hydrogens (tertiary/aromatic N) is 2. The van der Waals surface area contributed by atoms with Crippen molar-refractivity contribution in [2.24, 2.45) is 0 Å². The van der Waals surface area contributed by atoms with Gasteiger partial charge in [-0.2, -0.15) is 5.10 Å². The molecule has 1 atom stereocenters. The highest BCUT2D eigenvalue weighted by atomic mass is 79.9. The molecule has 2 aromatic heterocycles. The van der Waals surface area contributed by atoms with E-state index in [1.807, 2.05) is 16.9 Å². The van der Waals surface area contributed by atoms with Crippen molar-refractivity contribution in [2.75, 3.05) is 6.54 Å². The van der Waals surface area contributed by atoms with E-state index in [1.54, 1.807) is 6.26 Å². The zero-order chi connectivity index (χ0) is 13.8. The minimum Gasteiger partial charge on any atom is -0.453 e. The van der Waals surface area contributed by atoms with Crippen molar-refractivity contribution in [1.82, 2.24) is 15.1 Å². The topological polar surface area (TPSA) is 43.0 Å². The Morgan fingerprint density at radius 2 is 2.32 bits per heavy atom. The molecule has 0 saturated carbocycles. The van der Waals surface area contributed by atoms with Crippen LogP contribution in [-0.4, -0.2) is 16.3 Å². The van der Waals surface area contributed by atoms with Crippen LogP contribution in [0.15, 0.2) is 27.4 Å². The zero-order valence-electron chi connectivity index (χ0n) is 11.0. The van der Waals surface area contributed by atoms with Crippen LogP contribution in [0.3, 0.4) is 0 Å². The molecule has 0 aliphatic heterocycles. The monoisotopic (exact) mass is 345 g/mol. The van der Waals surface area contributed by atoms with Crippen LogP contribution < -0.4 is 5.32 Å². The van der Waals surface area contributed by atoms with E-state index in [0.717, 1.165) is 35.2 Å². The van der Waals surface area contributed by atoms with Crippen LogP contribution in [0.25, 0.3) is 0 Å². The summed E-state index contributed by atoms with van der Waals surface area (Å²) in [6.07, 6.45) is 4.47. The van der Waals surface area contributed by atoms with E-state index in [4.69, 9.17) is 16.0 Å². The normalized spacial score (nSPS) is 12.8. The summed E-state index contributed by atoms with van der Waals surface area (Å²) < 4.78 is 8.15. The Bertz CT molecular complexity index is 538. The first kappa shape index (κ1) is 14.6. The number of hydrogen-bond donors (Lipinski definition) is 1. The molecule has 1 unspecified atom stereocenters. The average molecular weight is 347 g/mol. The van der Waals surface area contributed by atoms with E-state index in [0.29, 0.717) is 5.22 Å². The number of furan rings is 1. The van der Waals surface area contributed by atoms with Gasteiger partial charge in [-0.15, -0.1) is 0 Å². The number of nitrogens with one attached hydrogen (secondary N) is 1. The summed E-state index contributed by atoms with van der Waals surface area (Å²) in [6.45, 7) is 5.90. The van der Waals surface area contributed by atoms with Crippen molar-refractivity contribution in [3.05, 3.63) is 39.5 Å². The molecule has 4 nitrogen and oxygen atoms in total. The summed E-state index contributed by atoms with van der Waals surface area (Å²) in [7, 11) is 0. The average Bonchev–Trinajstić information content (AvgIpc) is 2.98. The van der Waals surface area contributed by atoms with Gasteiger partial charge in [0.2, 0.25) is 0 Å². The lowest BCUT2D eigenvalue weighted by Gasteiger charge is -2.19. The van der Waals surface area contributed by atoms with E-state index in [1.165, 1.54) is 0 Å². The van der Waals surface area contributed by atoms with Crippen molar-refractivity contribution >= 4 is 27.5 Å². The van der Waals surface area contributed by atoms with E-state index in [9.17, 15) is 0 Å². The molecule has 6 heteroatoms.